The van der Waals surface area contributed by atoms with Crippen LogP contribution in [0.25, 0.3) is 5.76 Å². The zero-order chi connectivity index (χ0) is 9.19. The van der Waals surface area contributed by atoms with Crippen molar-refractivity contribution < 1.29 is 4.74 Å². The van der Waals surface area contributed by atoms with Gasteiger partial charge in [-0.3, -0.25) is 0 Å². The highest BCUT2D eigenvalue weighted by atomic mass is 32.1. The first-order chi connectivity index (χ1) is 5.49. The Hall–Kier alpha value is -0.830. The average Bonchev–Trinajstić information content (AvgIpc) is 2.32. The van der Waals surface area contributed by atoms with Gasteiger partial charge in [0.05, 0.1) is 5.51 Å². The summed E-state index contributed by atoms with van der Waals surface area (Å²) in [5.41, 5.74) is 2.41. The van der Waals surface area contributed by atoms with E-state index in [4.69, 9.17) is 4.74 Å². The number of rotatable bonds is 2. The van der Waals surface area contributed by atoms with Gasteiger partial charge >= 0.3 is 0 Å². The van der Waals surface area contributed by atoms with Gasteiger partial charge in [-0.05, 0) is 20.8 Å². The van der Waals surface area contributed by atoms with Gasteiger partial charge in [0.25, 0.3) is 0 Å². The lowest BCUT2D eigenvalue weighted by Crippen LogP contribution is -2.17. The third-order valence-corrected chi connectivity index (χ3v) is 1.73. The zero-order valence-electron chi connectivity index (χ0n) is 7.63. The van der Waals surface area contributed by atoms with Crippen LogP contribution in [0.3, 0.4) is 0 Å². The lowest BCUT2D eigenvalue weighted by molar-refractivity contribution is 0.0971. The van der Waals surface area contributed by atoms with E-state index in [0.29, 0.717) is 5.76 Å². The summed E-state index contributed by atoms with van der Waals surface area (Å²) < 4.78 is 5.53. The molecule has 1 aromatic heterocycles. The zero-order valence-corrected chi connectivity index (χ0v) is 8.44. The molecular formula is C9H13NOS. The highest BCUT2D eigenvalue weighted by Gasteiger charge is 2.14. The van der Waals surface area contributed by atoms with Crippen molar-refractivity contribution in [1.82, 2.24) is 4.98 Å². The summed E-state index contributed by atoms with van der Waals surface area (Å²) in [4.78, 5) is 4.09. The Kier molecular flexibility index (Phi) is 2.52. The Balaban J connectivity index is 2.63. The number of thiazole rings is 1. The highest BCUT2D eigenvalue weighted by molar-refractivity contribution is 7.07. The third kappa shape index (κ3) is 2.66. The van der Waals surface area contributed by atoms with Crippen molar-refractivity contribution in [3.8, 4) is 0 Å². The summed E-state index contributed by atoms with van der Waals surface area (Å²) in [5, 5.41) is 1.92. The molecule has 1 heterocycles. The van der Waals surface area contributed by atoms with E-state index in [1.54, 1.807) is 16.8 Å². The Morgan fingerprint density at radius 3 is 2.67 bits per heavy atom. The minimum atomic E-state index is -0.194. The van der Waals surface area contributed by atoms with Gasteiger partial charge < -0.3 is 4.74 Å². The second kappa shape index (κ2) is 3.27. The number of nitrogens with zero attached hydrogens (tertiary/aromatic N) is 1. The fourth-order valence-electron chi connectivity index (χ4n) is 0.772. The fourth-order valence-corrected chi connectivity index (χ4v) is 1.33. The van der Waals surface area contributed by atoms with Crippen LogP contribution in [-0.2, 0) is 4.74 Å². The summed E-state index contributed by atoms with van der Waals surface area (Å²) in [6.07, 6.45) is 0. The van der Waals surface area contributed by atoms with Crippen molar-refractivity contribution in [2.45, 2.75) is 26.4 Å². The monoisotopic (exact) mass is 183 g/mol. The van der Waals surface area contributed by atoms with E-state index in [9.17, 15) is 0 Å². The molecule has 0 aromatic carbocycles. The van der Waals surface area contributed by atoms with E-state index in [-0.39, 0.29) is 5.60 Å². The standard InChI is InChI=1S/C9H13NOS/c1-7(11-9(2,3)4)8-5-12-6-10-8/h5-6H,1H2,2-4H3. The van der Waals surface area contributed by atoms with E-state index < -0.39 is 0 Å². The first-order valence-electron chi connectivity index (χ1n) is 3.75. The van der Waals surface area contributed by atoms with Gasteiger partial charge in [-0.25, -0.2) is 4.98 Å². The second-order valence-corrected chi connectivity index (χ2v) is 4.23. The van der Waals surface area contributed by atoms with E-state index in [2.05, 4.69) is 11.6 Å². The average molecular weight is 183 g/mol. The SMILES string of the molecule is C=C(OC(C)(C)C)c1cscn1. The van der Waals surface area contributed by atoms with Gasteiger partial charge in [0.1, 0.15) is 17.1 Å². The molecule has 0 radical (unpaired) electrons. The number of hydrogen-bond acceptors (Lipinski definition) is 3. The number of ether oxygens (including phenoxy) is 1. The lowest BCUT2D eigenvalue weighted by atomic mass is 10.2. The molecule has 0 saturated carbocycles. The third-order valence-electron chi connectivity index (χ3n) is 1.15. The van der Waals surface area contributed by atoms with Crippen molar-refractivity contribution in [1.29, 1.82) is 0 Å². The van der Waals surface area contributed by atoms with Crippen molar-refractivity contribution in [3.05, 3.63) is 23.2 Å². The molecule has 1 aromatic rings. The smallest absolute Gasteiger partial charge is 0.139 e. The van der Waals surface area contributed by atoms with Crippen molar-refractivity contribution >= 4 is 17.1 Å². The minimum Gasteiger partial charge on any atom is -0.486 e. The number of hydrogen-bond donors (Lipinski definition) is 0. The molecule has 3 heteroatoms. The summed E-state index contributed by atoms with van der Waals surface area (Å²) >= 11 is 1.54. The van der Waals surface area contributed by atoms with Crippen LogP contribution in [0.15, 0.2) is 17.5 Å². The molecule has 0 atom stereocenters. The van der Waals surface area contributed by atoms with Gasteiger partial charge in [-0.2, -0.15) is 0 Å². The summed E-state index contributed by atoms with van der Waals surface area (Å²) in [7, 11) is 0. The Morgan fingerprint density at radius 1 is 1.58 bits per heavy atom. The molecule has 0 saturated heterocycles. The molecule has 0 fully saturated rings. The molecule has 12 heavy (non-hydrogen) atoms. The maximum atomic E-state index is 5.53. The molecule has 0 amide bonds. The minimum absolute atomic E-state index is 0.194. The van der Waals surface area contributed by atoms with Crippen molar-refractivity contribution in [2.75, 3.05) is 0 Å². The van der Waals surface area contributed by atoms with Crippen molar-refractivity contribution in [3.63, 3.8) is 0 Å². The van der Waals surface area contributed by atoms with Crippen LogP contribution in [0, 0.1) is 0 Å². The molecule has 0 unspecified atom stereocenters. The normalized spacial score (nSPS) is 11.2. The molecule has 66 valence electrons. The van der Waals surface area contributed by atoms with Gasteiger partial charge in [-0.1, -0.05) is 6.58 Å². The van der Waals surface area contributed by atoms with E-state index in [1.165, 1.54) is 0 Å². The van der Waals surface area contributed by atoms with Gasteiger partial charge in [0.15, 0.2) is 0 Å². The molecule has 0 spiro atoms. The molecule has 0 N–H and O–H groups in total. The van der Waals surface area contributed by atoms with Crippen LogP contribution < -0.4 is 0 Å². The van der Waals surface area contributed by atoms with Crippen LogP contribution in [0.4, 0.5) is 0 Å². The largest absolute Gasteiger partial charge is 0.486 e. The Bertz CT molecular complexity index is 259. The van der Waals surface area contributed by atoms with Crippen LogP contribution in [0.2, 0.25) is 0 Å². The Labute approximate surface area is 76.9 Å². The summed E-state index contributed by atoms with van der Waals surface area (Å²) in [5.74, 6) is 0.642. The van der Waals surface area contributed by atoms with Crippen LogP contribution >= 0.6 is 11.3 Å². The van der Waals surface area contributed by atoms with Gasteiger partial charge in [0.2, 0.25) is 0 Å². The van der Waals surface area contributed by atoms with Gasteiger partial charge in [0, 0.05) is 5.38 Å². The molecule has 0 aliphatic carbocycles. The van der Waals surface area contributed by atoms with Crippen molar-refractivity contribution in [2.24, 2.45) is 0 Å². The topological polar surface area (TPSA) is 22.1 Å². The molecule has 0 bridgehead atoms. The number of aromatic nitrogens is 1. The first kappa shape index (κ1) is 9.26. The summed E-state index contributed by atoms with van der Waals surface area (Å²) in [6.45, 7) is 9.78. The maximum Gasteiger partial charge on any atom is 0.139 e. The summed E-state index contributed by atoms with van der Waals surface area (Å²) in [6, 6.07) is 0. The maximum absolute atomic E-state index is 5.53. The van der Waals surface area contributed by atoms with Crippen LogP contribution in [0.5, 0.6) is 0 Å². The van der Waals surface area contributed by atoms with E-state index in [1.807, 2.05) is 26.2 Å². The van der Waals surface area contributed by atoms with E-state index in [0.717, 1.165) is 5.69 Å². The van der Waals surface area contributed by atoms with Crippen LogP contribution in [0.1, 0.15) is 26.5 Å². The molecule has 0 aliphatic rings. The second-order valence-electron chi connectivity index (χ2n) is 3.51. The first-order valence-corrected chi connectivity index (χ1v) is 4.70. The molecule has 1 rings (SSSR count). The molecule has 2 nitrogen and oxygen atoms in total. The molecule has 0 aliphatic heterocycles. The lowest BCUT2D eigenvalue weighted by Gasteiger charge is -2.21. The fraction of sp³-hybridized carbons (Fsp3) is 0.444. The predicted octanol–water partition coefficient (Wildman–Crippen LogP) is 2.93. The van der Waals surface area contributed by atoms with Crippen LogP contribution in [-0.4, -0.2) is 10.6 Å². The quantitative estimate of drug-likeness (QED) is 0.658. The Morgan fingerprint density at radius 2 is 2.25 bits per heavy atom. The predicted molar refractivity (Wildman–Crippen MR) is 52.0 cm³/mol. The highest BCUT2D eigenvalue weighted by Crippen LogP contribution is 2.20. The van der Waals surface area contributed by atoms with Gasteiger partial charge in [-0.15, -0.1) is 11.3 Å². The van der Waals surface area contributed by atoms with E-state index >= 15 is 0 Å². The molecular weight excluding hydrogens is 170 g/mol.